The van der Waals surface area contributed by atoms with Crippen LogP contribution in [0.2, 0.25) is 0 Å². The summed E-state index contributed by atoms with van der Waals surface area (Å²) in [6.07, 6.45) is 3.63. The van der Waals surface area contributed by atoms with Crippen molar-refractivity contribution >= 4 is 33.2 Å². The number of halogens is 2. The van der Waals surface area contributed by atoms with Crippen LogP contribution in [0.15, 0.2) is 40.2 Å². The van der Waals surface area contributed by atoms with E-state index in [0.29, 0.717) is 6.54 Å². The van der Waals surface area contributed by atoms with Crippen LogP contribution in [-0.4, -0.2) is 17.9 Å². The highest BCUT2D eigenvalue weighted by atomic mass is 79.9. The molecule has 1 aliphatic carbocycles. The third-order valence-electron chi connectivity index (χ3n) is 4.61. The lowest BCUT2D eigenvalue weighted by Crippen LogP contribution is -2.43. The van der Waals surface area contributed by atoms with Crippen molar-refractivity contribution in [1.82, 2.24) is 4.90 Å². The summed E-state index contributed by atoms with van der Waals surface area (Å²) in [6.45, 7) is 0.589. The molecule has 1 heterocycles. The smallest absolute Gasteiger partial charge is 0.233 e. The van der Waals surface area contributed by atoms with Gasteiger partial charge in [0.1, 0.15) is 5.82 Å². The van der Waals surface area contributed by atoms with E-state index in [4.69, 9.17) is 0 Å². The molecule has 1 saturated carbocycles. The SMILES string of the molecule is CN(Cc1cc(Br)cs1)C(=O)C1(c2cccc(F)c2)CCCC1. The fourth-order valence-electron chi connectivity index (χ4n) is 3.50. The lowest BCUT2D eigenvalue weighted by atomic mass is 9.77. The van der Waals surface area contributed by atoms with Crippen LogP contribution in [0.25, 0.3) is 0 Å². The van der Waals surface area contributed by atoms with Crippen LogP contribution in [0.1, 0.15) is 36.1 Å². The van der Waals surface area contributed by atoms with E-state index in [-0.39, 0.29) is 11.7 Å². The minimum absolute atomic E-state index is 0.102. The first-order valence-corrected chi connectivity index (χ1v) is 9.43. The third-order valence-corrected chi connectivity index (χ3v) is 6.29. The minimum Gasteiger partial charge on any atom is -0.340 e. The molecular weight excluding hydrogens is 377 g/mol. The molecule has 5 heteroatoms. The van der Waals surface area contributed by atoms with Crippen LogP contribution in [0.3, 0.4) is 0 Å². The van der Waals surface area contributed by atoms with Gasteiger partial charge in [0.25, 0.3) is 0 Å². The average molecular weight is 396 g/mol. The van der Waals surface area contributed by atoms with Crippen LogP contribution in [0, 0.1) is 5.82 Å². The normalized spacial score (nSPS) is 16.5. The van der Waals surface area contributed by atoms with Crippen LogP contribution < -0.4 is 0 Å². The molecule has 122 valence electrons. The van der Waals surface area contributed by atoms with Gasteiger partial charge in [0, 0.05) is 21.8 Å². The number of nitrogens with zero attached hydrogens (tertiary/aromatic N) is 1. The molecule has 0 unspecified atom stereocenters. The van der Waals surface area contributed by atoms with Crippen LogP contribution in [0.5, 0.6) is 0 Å². The molecule has 0 bridgehead atoms. The van der Waals surface area contributed by atoms with Crippen LogP contribution >= 0.6 is 27.3 Å². The number of carbonyl (C=O) groups excluding carboxylic acids is 1. The fourth-order valence-corrected chi connectivity index (χ4v) is 5.00. The molecule has 1 fully saturated rings. The molecule has 0 aliphatic heterocycles. The molecule has 2 aromatic rings. The van der Waals surface area contributed by atoms with Gasteiger partial charge in [-0.3, -0.25) is 4.79 Å². The zero-order valence-corrected chi connectivity index (χ0v) is 15.4. The van der Waals surface area contributed by atoms with Crippen molar-refractivity contribution in [1.29, 1.82) is 0 Å². The van der Waals surface area contributed by atoms with Gasteiger partial charge < -0.3 is 4.90 Å². The number of carbonyl (C=O) groups is 1. The number of amides is 1. The highest BCUT2D eigenvalue weighted by Crippen LogP contribution is 2.43. The van der Waals surface area contributed by atoms with Crippen molar-refractivity contribution in [2.24, 2.45) is 0 Å². The molecule has 23 heavy (non-hydrogen) atoms. The van der Waals surface area contributed by atoms with Gasteiger partial charge in [-0.1, -0.05) is 25.0 Å². The van der Waals surface area contributed by atoms with E-state index >= 15 is 0 Å². The van der Waals surface area contributed by atoms with Crippen LogP contribution in [-0.2, 0) is 16.8 Å². The molecule has 3 rings (SSSR count). The second-order valence-corrected chi connectivity index (χ2v) is 8.10. The number of thiophene rings is 1. The van der Waals surface area contributed by atoms with Gasteiger partial charge in [-0.2, -0.15) is 0 Å². The van der Waals surface area contributed by atoms with Gasteiger partial charge in [-0.05, 0) is 52.5 Å². The number of likely N-dealkylation sites (N-methyl/N-ethyl adjacent to an activating group) is 1. The van der Waals surface area contributed by atoms with Crippen molar-refractivity contribution < 1.29 is 9.18 Å². The van der Waals surface area contributed by atoms with Gasteiger partial charge in [0.05, 0.1) is 12.0 Å². The Kier molecular flexibility index (Phi) is 4.87. The predicted molar refractivity (Wildman–Crippen MR) is 95.0 cm³/mol. The Morgan fingerprint density at radius 1 is 1.35 bits per heavy atom. The average Bonchev–Trinajstić information content (AvgIpc) is 3.16. The molecule has 0 N–H and O–H groups in total. The summed E-state index contributed by atoms with van der Waals surface area (Å²) in [4.78, 5) is 16.1. The Morgan fingerprint density at radius 3 is 2.70 bits per heavy atom. The zero-order chi connectivity index (χ0) is 16.4. The Morgan fingerprint density at radius 2 is 2.09 bits per heavy atom. The zero-order valence-electron chi connectivity index (χ0n) is 13.0. The van der Waals surface area contributed by atoms with Crippen LogP contribution in [0.4, 0.5) is 4.39 Å². The van der Waals surface area contributed by atoms with Crippen molar-refractivity contribution in [3.8, 4) is 0 Å². The summed E-state index contributed by atoms with van der Waals surface area (Å²) in [5.41, 5.74) is 0.255. The molecule has 1 amide bonds. The summed E-state index contributed by atoms with van der Waals surface area (Å²) < 4.78 is 14.7. The molecular formula is C18H19BrFNOS. The van der Waals surface area contributed by atoms with Gasteiger partial charge in [0.15, 0.2) is 0 Å². The maximum absolute atomic E-state index is 13.7. The Bertz CT molecular complexity index is 709. The quantitative estimate of drug-likeness (QED) is 0.703. The fraction of sp³-hybridized carbons (Fsp3) is 0.389. The van der Waals surface area contributed by atoms with E-state index < -0.39 is 5.41 Å². The number of hydrogen-bond acceptors (Lipinski definition) is 2. The van der Waals surface area contributed by atoms with Crippen molar-refractivity contribution in [2.45, 2.75) is 37.6 Å². The first-order chi connectivity index (χ1) is 11.0. The highest BCUT2D eigenvalue weighted by molar-refractivity contribution is 9.10. The summed E-state index contributed by atoms with van der Waals surface area (Å²) in [5.74, 6) is -0.170. The van der Waals surface area contributed by atoms with E-state index in [1.165, 1.54) is 12.1 Å². The van der Waals surface area contributed by atoms with Crippen molar-refractivity contribution in [3.63, 3.8) is 0 Å². The molecule has 1 aliphatic rings. The monoisotopic (exact) mass is 395 g/mol. The highest BCUT2D eigenvalue weighted by Gasteiger charge is 2.44. The number of rotatable bonds is 4. The van der Waals surface area contributed by atoms with Gasteiger partial charge in [-0.15, -0.1) is 11.3 Å². The molecule has 1 aromatic heterocycles. The van der Waals surface area contributed by atoms with Gasteiger partial charge in [-0.25, -0.2) is 4.39 Å². The lowest BCUT2D eigenvalue weighted by molar-refractivity contribution is -0.136. The largest absolute Gasteiger partial charge is 0.340 e. The van der Waals surface area contributed by atoms with E-state index in [1.54, 1.807) is 22.3 Å². The second-order valence-electron chi connectivity index (χ2n) is 6.19. The first kappa shape index (κ1) is 16.7. The summed E-state index contributed by atoms with van der Waals surface area (Å²) in [5, 5.41) is 2.02. The molecule has 0 saturated heterocycles. The Labute approximate surface area is 148 Å². The minimum atomic E-state index is -0.564. The Hall–Kier alpha value is -1.20. The topological polar surface area (TPSA) is 20.3 Å². The number of hydrogen-bond donors (Lipinski definition) is 0. The van der Waals surface area contributed by atoms with E-state index in [0.717, 1.165) is 40.6 Å². The van der Waals surface area contributed by atoms with Crippen molar-refractivity contribution in [3.05, 3.63) is 56.4 Å². The molecule has 1 aromatic carbocycles. The third kappa shape index (κ3) is 3.36. The predicted octanol–water partition coefficient (Wildman–Crippen LogP) is 5.12. The first-order valence-electron chi connectivity index (χ1n) is 7.76. The number of benzene rings is 1. The molecule has 0 atom stereocenters. The molecule has 0 radical (unpaired) electrons. The van der Waals surface area contributed by atoms with E-state index in [1.807, 2.05) is 24.6 Å². The van der Waals surface area contributed by atoms with E-state index in [2.05, 4.69) is 15.9 Å². The summed E-state index contributed by atoms with van der Waals surface area (Å²) >= 11 is 5.08. The standard InChI is InChI=1S/C18H19BrFNOS/c1-21(11-16-10-14(19)12-23-16)17(22)18(7-2-3-8-18)13-5-4-6-15(20)9-13/h4-6,9-10,12H,2-3,7-8,11H2,1H3. The Balaban J connectivity index is 1.87. The summed E-state index contributed by atoms with van der Waals surface area (Å²) in [7, 11) is 1.84. The molecule has 0 spiro atoms. The van der Waals surface area contributed by atoms with E-state index in [9.17, 15) is 9.18 Å². The van der Waals surface area contributed by atoms with Crippen molar-refractivity contribution in [2.75, 3.05) is 7.05 Å². The molecule has 2 nitrogen and oxygen atoms in total. The maximum atomic E-state index is 13.7. The maximum Gasteiger partial charge on any atom is 0.233 e. The summed E-state index contributed by atoms with van der Waals surface area (Å²) in [6, 6.07) is 8.59. The van der Waals surface area contributed by atoms with Gasteiger partial charge in [0.2, 0.25) is 5.91 Å². The second kappa shape index (κ2) is 6.73. The lowest BCUT2D eigenvalue weighted by Gasteiger charge is -2.33. The van der Waals surface area contributed by atoms with Gasteiger partial charge >= 0.3 is 0 Å².